The van der Waals surface area contributed by atoms with Gasteiger partial charge in [-0.3, -0.25) is 9.63 Å². The number of rotatable bonds is 3. The van der Waals surface area contributed by atoms with Gasteiger partial charge in [0.05, 0.1) is 29.7 Å². The van der Waals surface area contributed by atoms with Crippen LogP contribution in [0.2, 0.25) is 0 Å². The molecule has 0 spiro atoms. The molecule has 1 aromatic carbocycles. The van der Waals surface area contributed by atoms with E-state index in [1.807, 2.05) is 0 Å². The van der Waals surface area contributed by atoms with Crippen LogP contribution in [-0.4, -0.2) is 49.0 Å². The van der Waals surface area contributed by atoms with Gasteiger partial charge in [-0.1, -0.05) is 12.1 Å². The van der Waals surface area contributed by atoms with E-state index in [1.54, 1.807) is 17.5 Å². The fraction of sp³-hybridized carbons (Fsp3) is 0.333. The highest BCUT2D eigenvalue weighted by Gasteiger charge is 2.26. The lowest BCUT2D eigenvalue weighted by Gasteiger charge is -2.17. The molecule has 3 rings (SSSR count). The predicted octanol–water partition coefficient (Wildman–Crippen LogP) is 1.68. The number of hydroxylamine groups is 2. The number of benzene rings is 1. The molecular formula is C15H15FN2O4S2. The van der Waals surface area contributed by atoms with Gasteiger partial charge in [0, 0.05) is 11.8 Å². The molecule has 1 aliphatic rings. The molecule has 0 unspecified atom stereocenters. The molecule has 1 saturated heterocycles. The molecule has 0 saturated carbocycles. The van der Waals surface area contributed by atoms with Gasteiger partial charge >= 0.3 is 0 Å². The summed E-state index contributed by atoms with van der Waals surface area (Å²) >= 11 is 1.29. The zero-order valence-corrected chi connectivity index (χ0v) is 14.3. The van der Waals surface area contributed by atoms with Crippen LogP contribution in [0, 0.1) is 5.82 Å². The fourth-order valence-electron chi connectivity index (χ4n) is 2.26. The van der Waals surface area contributed by atoms with E-state index in [1.165, 1.54) is 23.5 Å². The third-order valence-corrected chi connectivity index (χ3v) is 5.93. The average molecular weight is 370 g/mol. The zero-order valence-electron chi connectivity index (χ0n) is 12.6. The number of sulfone groups is 1. The third kappa shape index (κ3) is 4.16. The minimum absolute atomic E-state index is 0.0159. The molecule has 1 fully saturated rings. The number of hydrogen-bond acceptors (Lipinski definition) is 6. The largest absolute Gasteiger partial charge is 0.296 e. The van der Waals surface area contributed by atoms with Crippen molar-refractivity contribution in [2.24, 2.45) is 0 Å². The van der Waals surface area contributed by atoms with Crippen LogP contribution in [0.4, 0.5) is 4.39 Å². The van der Waals surface area contributed by atoms with Crippen LogP contribution in [0.15, 0.2) is 29.6 Å². The Morgan fingerprint density at radius 1 is 1.38 bits per heavy atom. The molecule has 1 aliphatic heterocycles. The second-order valence-corrected chi connectivity index (χ2v) is 8.57. The van der Waals surface area contributed by atoms with E-state index < -0.39 is 15.7 Å². The Kier molecular flexibility index (Phi) is 4.93. The number of carbonyl (C=O) groups excluding carboxylic acids is 1. The Labute approximate surface area is 142 Å². The van der Waals surface area contributed by atoms with Crippen molar-refractivity contribution in [1.29, 1.82) is 0 Å². The van der Waals surface area contributed by atoms with Crippen molar-refractivity contribution in [3.05, 3.63) is 51.7 Å². The van der Waals surface area contributed by atoms with Crippen molar-refractivity contribution in [2.45, 2.75) is 6.42 Å². The van der Waals surface area contributed by atoms with Gasteiger partial charge in [0.15, 0.2) is 9.84 Å². The maximum Gasteiger partial charge on any atom is 0.296 e. The number of hydrogen-bond donors (Lipinski definition) is 0. The Hall–Kier alpha value is -1.84. The van der Waals surface area contributed by atoms with Gasteiger partial charge in [-0.2, -0.15) is 0 Å². The first kappa shape index (κ1) is 17.0. The van der Waals surface area contributed by atoms with Gasteiger partial charge in [0.1, 0.15) is 11.5 Å². The van der Waals surface area contributed by atoms with Gasteiger partial charge in [-0.25, -0.2) is 22.9 Å². The number of thiazole rings is 1. The average Bonchev–Trinajstić information content (AvgIpc) is 2.90. The Morgan fingerprint density at radius 2 is 2.21 bits per heavy atom. The second-order valence-electron chi connectivity index (χ2n) is 5.33. The molecule has 1 aromatic heterocycles. The highest BCUT2D eigenvalue weighted by atomic mass is 32.2. The van der Waals surface area contributed by atoms with E-state index in [-0.39, 0.29) is 36.2 Å². The first-order chi connectivity index (χ1) is 11.4. The molecule has 128 valence electrons. The SMILES string of the molecule is O=C(c1csc(Cc2cccc(F)c2)n1)N1CCS(=O)(=O)CCO1. The van der Waals surface area contributed by atoms with Crippen molar-refractivity contribution in [2.75, 3.05) is 24.7 Å². The highest BCUT2D eigenvalue weighted by Crippen LogP contribution is 2.17. The molecule has 9 heteroatoms. The second kappa shape index (κ2) is 6.96. The van der Waals surface area contributed by atoms with Crippen LogP contribution in [0.25, 0.3) is 0 Å². The first-order valence-electron chi connectivity index (χ1n) is 7.27. The number of carbonyl (C=O) groups is 1. The van der Waals surface area contributed by atoms with Crippen molar-refractivity contribution in [1.82, 2.24) is 10.0 Å². The quantitative estimate of drug-likeness (QED) is 0.822. The molecule has 0 bridgehead atoms. The van der Waals surface area contributed by atoms with Crippen LogP contribution in [0.1, 0.15) is 21.1 Å². The highest BCUT2D eigenvalue weighted by molar-refractivity contribution is 7.91. The number of amides is 1. The fourth-order valence-corrected chi connectivity index (χ4v) is 4.04. The summed E-state index contributed by atoms with van der Waals surface area (Å²) in [7, 11) is -3.18. The summed E-state index contributed by atoms with van der Waals surface area (Å²) in [6.45, 7) is -0.0632. The van der Waals surface area contributed by atoms with E-state index in [2.05, 4.69) is 4.98 Å². The summed E-state index contributed by atoms with van der Waals surface area (Å²) in [5.74, 6) is -1.01. The number of aromatic nitrogens is 1. The lowest BCUT2D eigenvalue weighted by Crippen LogP contribution is -2.33. The van der Waals surface area contributed by atoms with Gasteiger partial charge in [0.2, 0.25) is 0 Å². The summed E-state index contributed by atoms with van der Waals surface area (Å²) in [5.41, 5.74) is 0.964. The predicted molar refractivity (Wildman–Crippen MR) is 87.0 cm³/mol. The normalized spacial score (nSPS) is 17.5. The molecule has 2 heterocycles. The molecule has 0 radical (unpaired) electrons. The maximum absolute atomic E-state index is 13.2. The van der Waals surface area contributed by atoms with Crippen molar-refractivity contribution < 1.29 is 22.4 Å². The van der Waals surface area contributed by atoms with Crippen molar-refractivity contribution >= 4 is 27.1 Å². The summed E-state index contributed by atoms with van der Waals surface area (Å²) in [6.07, 6.45) is 0.422. The minimum atomic E-state index is -3.18. The van der Waals surface area contributed by atoms with Crippen molar-refractivity contribution in [3.63, 3.8) is 0 Å². The van der Waals surface area contributed by atoms with E-state index in [0.717, 1.165) is 10.6 Å². The van der Waals surface area contributed by atoms with Crippen LogP contribution < -0.4 is 0 Å². The number of halogens is 1. The molecular weight excluding hydrogens is 355 g/mol. The van der Waals surface area contributed by atoms with E-state index in [0.29, 0.717) is 11.4 Å². The molecule has 0 N–H and O–H groups in total. The topological polar surface area (TPSA) is 76.6 Å². The van der Waals surface area contributed by atoms with Crippen LogP contribution in [0.5, 0.6) is 0 Å². The molecule has 0 aliphatic carbocycles. The van der Waals surface area contributed by atoms with Gasteiger partial charge in [-0.05, 0) is 17.7 Å². The Bertz CT molecular complexity index is 851. The summed E-state index contributed by atoms with van der Waals surface area (Å²) in [6, 6.07) is 6.20. The van der Waals surface area contributed by atoms with Crippen LogP contribution in [-0.2, 0) is 21.1 Å². The molecule has 24 heavy (non-hydrogen) atoms. The van der Waals surface area contributed by atoms with E-state index in [4.69, 9.17) is 4.84 Å². The minimum Gasteiger partial charge on any atom is -0.270 e. The molecule has 2 aromatic rings. The van der Waals surface area contributed by atoms with Crippen molar-refractivity contribution in [3.8, 4) is 0 Å². The third-order valence-electron chi connectivity index (χ3n) is 3.49. The summed E-state index contributed by atoms with van der Waals surface area (Å²) < 4.78 is 36.3. The monoisotopic (exact) mass is 370 g/mol. The summed E-state index contributed by atoms with van der Waals surface area (Å²) in [4.78, 5) is 21.8. The maximum atomic E-state index is 13.2. The van der Waals surface area contributed by atoms with Gasteiger partial charge in [0.25, 0.3) is 5.91 Å². The Balaban J connectivity index is 1.69. The lowest BCUT2D eigenvalue weighted by atomic mass is 10.1. The standard InChI is InChI=1S/C15H15FN2O4S2/c16-12-3-1-2-11(8-12)9-14-17-13(10-23-14)15(19)18-4-6-24(20,21)7-5-22-18/h1-3,8,10H,4-7,9H2. The van der Waals surface area contributed by atoms with Crippen LogP contribution >= 0.6 is 11.3 Å². The smallest absolute Gasteiger partial charge is 0.270 e. The molecule has 1 amide bonds. The van der Waals surface area contributed by atoms with E-state index in [9.17, 15) is 17.6 Å². The molecule has 0 atom stereocenters. The lowest BCUT2D eigenvalue weighted by molar-refractivity contribution is -0.111. The zero-order chi connectivity index (χ0) is 17.2. The Morgan fingerprint density at radius 3 is 3.00 bits per heavy atom. The first-order valence-corrected chi connectivity index (χ1v) is 9.97. The van der Waals surface area contributed by atoms with Gasteiger partial charge < -0.3 is 0 Å². The molecule has 6 nitrogen and oxygen atoms in total. The van der Waals surface area contributed by atoms with Gasteiger partial charge in [-0.15, -0.1) is 11.3 Å². The summed E-state index contributed by atoms with van der Waals surface area (Å²) in [5, 5.41) is 3.32. The van der Waals surface area contributed by atoms with E-state index >= 15 is 0 Å². The van der Waals surface area contributed by atoms with Crippen LogP contribution in [0.3, 0.4) is 0 Å². The number of nitrogens with zero attached hydrogens (tertiary/aromatic N) is 2.